The highest BCUT2D eigenvalue weighted by atomic mass is 79.9. The summed E-state index contributed by atoms with van der Waals surface area (Å²) < 4.78 is 6.91. The summed E-state index contributed by atoms with van der Waals surface area (Å²) in [5.74, 6) is 0.921. The fraction of sp³-hybridized carbons (Fsp3) is 0.250. The Balaban J connectivity index is 1.93. The van der Waals surface area contributed by atoms with Crippen molar-refractivity contribution in [2.24, 2.45) is 0 Å². The Bertz CT molecular complexity index is 624. The van der Waals surface area contributed by atoms with Gasteiger partial charge in [0.05, 0.1) is 11.7 Å². The van der Waals surface area contributed by atoms with Crippen LogP contribution in [0.5, 0.6) is 5.75 Å². The molecule has 0 aromatic heterocycles. The van der Waals surface area contributed by atoms with Crippen LogP contribution in [0.4, 0.5) is 5.69 Å². The average molecular weight is 318 g/mol. The van der Waals surface area contributed by atoms with Gasteiger partial charge in [-0.1, -0.05) is 39.7 Å². The van der Waals surface area contributed by atoms with Gasteiger partial charge in [-0.05, 0) is 43.2 Å². The maximum absolute atomic E-state index is 5.85. The van der Waals surface area contributed by atoms with Gasteiger partial charge >= 0.3 is 0 Å². The van der Waals surface area contributed by atoms with Crippen LogP contribution >= 0.6 is 15.9 Å². The molecule has 0 bridgehead atoms. The molecule has 0 amide bonds. The number of benzene rings is 2. The first kappa shape index (κ1) is 12.5. The largest absolute Gasteiger partial charge is 0.489 e. The lowest BCUT2D eigenvalue weighted by Gasteiger charge is -2.29. The van der Waals surface area contributed by atoms with Crippen LogP contribution in [0.1, 0.15) is 22.7 Å². The lowest BCUT2D eigenvalue weighted by molar-refractivity contribution is 0.286. The highest BCUT2D eigenvalue weighted by molar-refractivity contribution is 9.10. The molecule has 3 heteroatoms. The molecule has 0 radical (unpaired) electrons. The highest BCUT2D eigenvalue weighted by Gasteiger charge is 2.21. The Morgan fingerprint density at radius 3 is 2.79 bits per heavy atom. The molecule has 3 rings (SSSR count). The molecule has 2 aromatic carbocycles. The quantitative estimate of drug-likeness (QED) is 0.829. The van der Waals surface area contributed by atoms with Crippen molar-refractivity contribution >= 4 is 21.6 Å². The van der Waals surface area contributed by atoms with Gasteiger partial charge in [0, 0.05) is 4.47 Å². The molecular weight excluding hydrogens is 302 g/mol. The van der Waals surface area contributed by atoms with Gasteiger partial charge in [0.25, 0.3) is 0 Å². The van der Waals surface area contributed by atoms with Crippen molar-refractivity contribution in [3.8, 4) is 5.75 Å². The third kappa shape index (κ3) is 2.47. The molecule has 19 heavy (non-hydrogen) atoms. The van der Waals surface area contributed by atoms with Gasteiger partial charge in [-0.2, -0.15) is 0 Å². The lowest BCUT2D eigenvalue weighted by atomic mass is 9.98. The van der Waals surface area contributed by atoms with Gasteiger partial charge in [0.1, 0.15) is 12.4 Å². The van der Waals surface area contributed by atoms with E-state index in [0.717, 1.165) is 15.9 Å². The molecule has 0 saturated heterocycles. The zero-order valence-corrected chi connectivity index (χ0v) is 12.6. The molecule has 2 aromatic rings. The zero-order valence-electron chi connectivity index (χ0n) is 11.0. The molecule has 1 aliphatic rings. The van der Waals surface area contributed by atoms with E-state index in [2.05, 4.69) is 59.4 Å². The van der Waals surface area contributed by atoms with Crippen LogP contribution < -0.4 is 10.1 Å². The summed E-state index contributed by atoms with van der Waals surface area (Å²) in [6.45, 7) is 4.94. The Hall–Kier alpha value is -1.48. The summed E-state index contributed by atoms with van der Waals surface area (Å²) in [4.78, 5) is 0. The smallest absolute Gasteiger partial charge is 0.142 e. The van der Waals surface area contributed by atoms with E-state index in [4.69, 9.17) is 4.74 Å². The molecule has 2 nitrogen and oxygen atoms in total. The Labute approximate surface area is 121 Å². The first-order chi connectivity index (χ1) is 9.13. The van der Waals surface area contributed by atoms with Crippen LogP contribution in [0, 0.1) is 13.8 Å². The van der Waals surface area contributed by atoms with Crippen LogP contribution in [-0.4, -0.2) is 6.61 Å². The second-order valence-corrected chi connectivity index (χ2v) is 5.92. The number of aryl methyl sites for hydroxylation is 2. The lowest BCUT2D eigenvalue weighted by Crippen LogP contribution is -2.24. The molecule has 1 atom stereocenters. The van der Waals surface area contributed by atoms with Gasteiger partial charge in [0.15, 0.2) is 0 Å². The normalized spacial score (nSPS) is 17.3. The maximum atomic E-state index is 5.85. The summed E-state index contributed by atoms with van der Waals surface area (Å²) in [6.07, 6.45) is 0. The standard InChI is InChI=1S/C16H16BrNO/c1-10-3-5-13(11(2)7-10)15-9-19-16-6-4-12(17)8-14(16)18-15/h3-8,15,18H,9H2,1-2H3. The van der Waals surface area contributed by atoms with Gasteiger partial charge in [-0.15, -0.1) is 0 Å². The molecule has 1 N–H and O–H groups in total. The molecule has 1 aliphatic heterocycles. The van der Waals surface area contributed by atoms with Crippen LogP contribution in [0.15, 0.2) is 40.9 Å². The van der Waals surface area contributed by atoms with E-state index in [9.17, 15) is 0 Å². The van der Waals surface area contributed by atoms with E-state index < -0.39 is 0 Å². The molecule has 0 saturated carbocycles. The van der Waals surface area contributed by atoms with Crippen LogP contribution in [0.25, 0.3) is 0 Å². The van der Waals surface area contributed by atoms with E-state index in [1.165, 1.54) is 16.7 Å². The van der Waals surface area contributed by atoms with E-state index in [0.29, 0.717) is 6.61 Å². The Morgan fingerprint density at radius 1 is 1.16 bits per heavy atom. The van der Waals surface area contributed by atoms with Crippen molar-refractivity contribution in [1.82, 2.24) is 0 Å². The van der Waals surface area contributed by atoms with Crippen molar-refractivity contribution in [2.75, 3.05) is 11.9 Å². The van der Waals surface area contributed by atoms with Gasteiger partial charge in [0.2, 0.25) is 0 Å². The number of halogens is 1. The second kappa shape index (κ2) is 4.89. The summed E-state index contributed by atoms with van der Waals surface area (Å²) in [7, 11) is 0. The van der Waals surface area contributed by atoms with Gasteiger partial charge < -0.3 is 10.1 Å². The Morgan fingerprint density at radius 2 is 2.00 bits per heavy atom. The van der Waals surface area contributed by atoms with Crippen molar-refractivity contribution in [3.05, 3.63) is 57.6 Å². The molecule has 1 unspecified atom stereocenters. The third-order valence-corrected chi connectivity index (χ3v) is 3.97. The predicted octanol–water partition coefficient (Wildman–Crippen LogP) is 4.61. The Kier molecular flexibility index (Phi) is 3.23. The fourth-order valence-corrected chi connectivity index (χ4v) is 2.89. The third-order valence-electron chi connectivity index (χ3n) is 3.48. The zero-order chi connectivity index (χ0) is 13.4. The molecule has 0 spiro atoms. The van der Waals surface area contributed by atoms with Gasteiger partial charge in [-0.3, -0.25) is 0 Å². The monoisotopic (exact) mass is 317 g/mol. The summed E-state index contributed by atoms with van der Waals surface area (Å²) in [6, 6.07) is 12.8. The number of nitrogens with one attached hydrogen (secondary N) is 1. The number of hydrogen-bond donors (Lipinski definition) is 1. The summed E-state index contributed by atoms with van der Waals surface area (Å²) in [5, 5.41) is 3.56. The molecule has 1 heterocycles. The number of anilines is 1. The molecular formula is C16H16BrNO. The van der Waals surface area contributed by atoms with E-state index in [1.807, 2.05) is 12.1 Å². The summed E-state index contributed by atoms with van der Waals surface area (Å²) in [5.41, 5.74) is 4.95. The van der Waals surface area contributed by atoms with Crippen LogP contribution in [-0.2, 0) is 0 Å². The van der Waals surface area contributed by atoms with E-state index in [-0.39, 0.29) is 6.04 Å². The highest BCUT2D eigenvalue weighted by Crippen LogP contribution is 2.36. The van der Waals surface area contributed by atoms with Crippen molar-refractivity contribution < 1.29 is 4.74 Å². The minimum absolute atomic E-state index is 0.211. The number of ether oxygens (including phenoxy) is 1. The van der Waals surface area contributed by atoms with Crippen molar-refractivity contribution in [2.45, 2.75) is 19.9 Å². The summed E-state index contributed by atoms with van der Waals surface area (Å²) >= 11 is 3.50. The molecule has 0 aliphatic carbocycles. The first-order valence-electron chi connectivity index (χ1n) is 6.39. The maximum Gasteiger partial charge on any atom is 0.142 e. The van der Waals surface area contributed by atoms with Gasteiger partial charge in [-0.25, -0.2) is 0 Å². The topological polar surface area (TPSA) is 21.3 Å². The van der Waals surface area contributed by atoms with Crippen LogP contribution in [0.3, 0.4) is 0 Å². The predicted molar refractivity (Wildman–Crippen MR) is 81.9 cm³/mol. The average Bonchev–Trinajstić information content (AvgIpc) is 2.38. The first-order valence-corrected chi connectivity index (χ1v) is 7.19. The van der Waals surface area contributed by atoms with Crippen molar-refractivity contribution in [1.29, 1.82) is 0 Å². The SMILES string of the molecule is Cc1ccc(C2COc3ccc(Br)cc3N2)c(C)c1. The van der Waals surface area contributed by atoms with Crippen molar-refractivity contribution in [3.63, 3.8) is 0 Å². The fourth-order valence-electron chi connectivity index (χ4n) is 2.53. The second-order valence-electron chi connectivity index (χ2n) is 5.01. The molecule has 0 fully saturated rings. The van der Waals surface area contributed by atoms with E-state index >= 15 is 0 Å². The minimum atomic E-state index is 0.211. The molecule has 98 valence electrons. The number of fused-ring (bicyclic) bond motifs is 1. The number of hydrogen-bond acceptors (Lipinski definition) is 2. The van der Waals surface area contributed by atoms with Crippen LogP contribution in [0.2, 0.25) is 0 Å². The van der Waals surface area contributed by atoms with E-state index in [1.54, 1.807) is 0 Å². The number of rotatable bonds is 1. The minimum Gasteiger partial charge on any atom is -0.489 e.